The van der Waals surface area contributed by atoms with Crippen LogP contribution in [0.4, 0.5) is 4.39 Å². The van der Waals surface area contributed by atoms with E-state index in [1.54, 1.807) is 15.6 Å². The molecule has 0 bridgehead atoms. The Kier molecular flexibility index (Phi) is 5.39. The van der Waals surface area contributed by atoms with E-state index in [1.165, 1.54) is 19.2 Å². The van der Waals surface area contributed by atoms with Crippen molar-refractivity contribution in [2.75, 3.05) is 20.2 Å². The summed E-state index contributed by atoms with van der Waals surface area (Å²) >= 11 is 0. The summed E-state index contributed by atoms with van der Waals surface area (Å²) in [5.74, 6) is -0.950. The highest BCUT2D eigenvalue weighted by molar-refractivity contribution is 5.99. The molecule has 1 aliphatic heterocycles. The number of aryl methyl sites for hydroxylation is 2. The summed E-state index contributed by atoms with van der Waals surface area (Å²) in [6.45, 7) is 0.977. The number of carbonyl (C=O) groups excluding carboxylic acids is 2. The topological polar surface area (TPSA) is 64.4 Å². The summed E-state index contributed by atoms with van der Waals surface area (Å²) in [6, 6.07) is 4.28. The van der Waals surface area contributed by atoms with E-state index in [9.17, 15) is 14.0 Å². The number of nitrogens with zero attached hydrogens (tertiary/aromatic N) is 3. The first kappa shape index (κ1) is 19.6. The molecule has 1 aliphatic carbocycles. The Hall–Kier alpha value is -2.70. The Bertz CT molecular complexity index is 953. The number of likely N-dealkylation sites (tertiary alicyclic amines) is 1. The number of piperidine rings is 1. The second-order valence-corrected chi connectivity index (χ2v) is 7.91. The van der Waals surface area contributed by atoms with Gasteiger partial charge in [-0.05, 0) is 56.7 Å². The number of amides is 1. The van der Waals surface area contributed by atoms with Gasteiger partial charge in [0.1, 0.15) is 5.69 Å². The molecule has 1 amide bonds. The molecular weight excluding hydrogens is 373 g/mol. The largest absolute Gasteiger partial charge is 0.494 e. The minimum atomic E-state index is -0.552. The second-order valence-electron chi connectivity index (χ2n) is 7.91. The van der Waals surface area contributed by atoms with Gasteiger partial charge < -0.3 is 9.64 Å². The molecule has 0 spiro atoms. The first-order valence-corrected chi connectivity index (χ1v) is 10.2. The van der Waals surface area contributed by atoms with Crippen molar-refractivity contribution in [1.82, 2.24) is 14.7 Å². The Morgan fingerprint density at radius 2 is 2.00 bits per heavy atom. The zero-order chi connectivity index (χ0) is 20.5. The number of Topliss-reactive ketones (excluding diaryl/α,β-unsaturated/α-hetero) is 1. The number of halogens is 1. The molecule has 0 N–H and O–H groups in total. The summed E-state index contributed by atoms with van der Waals surface area (Å²) in [4.78, 5) is 28.0. The van der Waals surface area contributed by atoms with Crippen molar-refractivity contribution in [2.24, 2.45) is 13.0 Å². The third kappa shape index (κ3) is 3.66. The summed E-state index contributed by atoms with van der Waals surface area (Å²) in [5.41, 5.74) is 3.07. The Balaban J connectivity index is 1.53. The van der Waals surface area contributed by atoms with Crippen LogP contribution in [0.15, 0.2) is 18.2 Å². The van der Waals surface area contributed by atoms with Gasteiger partial charge in [-0.25, -0.2) is 4.39 Å². The molecule has 1 aromatic heterocycles. The van der Waals surface area contributed by atoms with Crippen molar-refractivity contribution in [3.63, 3.8) is 0 Å². The van der Waals surface area contributed by atoms with Gasteiger partial charge >= 0.3 is 0 Å². The Labute approximate surface area is 169 Å². The first-order valence-electron chi connectivity index (χ1n) is 10.2. The van der Waals surface area contributed by atoms with Crippen molar-refractivity contribution in [2.45, 2.75) is 38.5 Å². The molecule has 4 rings (SSSR count). The average molecular weight is 399 g/mol. The number of fused-ring (bicyclic) bond motifs is 1. The number of hydrogen-bond donors (Lipinski definition) is 0. The predicted octanol–water partition coefficient (Wildman–Crippen LogP) is 3.18. The quantitative estimate of drug-likeness (QED) is 0.741. The zero-order valence-electron chi connectivity index (χ0n) is 16.9. The number of ketones is 1. The lowest BCUT2D eigenvalue weighted by Crippen LogP contribution is -2.43. The zero-order valence-corrected chi connectivity index (χ0v) is 16.9. The third-order valence-corrected chi connectivity index (χ3v) is 6.04. The monoisotopic (exact) mass is 399 g/mol. The molecule has 6 nitrogen and oxygen atoms in total. The summed E-state index contributed by atoms with van der Waals surface area (Å²) in [5, 5.41) is 4.54. The van der Waals surface area contributed by atoms with Crippen molar-refractivity contribution in [1.29, 1.82) is 0 Å². The second kappa shape index (κ2) is 7.97. The van der Waals surface area contributed by atoms with Gasteiger partial charge in [0.25, 0.3) is 5.91 Å². The van der Waals surface area contributed by atoms with Gasteiger partial charge in [-0.3, -0.25) is 14.3 Å². The molecule has 0 radical (unpaired) electrons. The Morgan fingerprint density at radius 3 is 2.76 bits per heavy atom. The maximum Gasteiger partial charge on any atom is 0.272 e. The van der Waals surface area contributed by atoms with Crippen LogP contribution >= 0.6 is 0 Å². The van der Waals surface area contributed by atoms with Gasteiger partial charge in [-0.15, -0.1) is 0 Å². The first-order chi connectivity index (χ1) is 14.0. The number of benzene rings is 1. The summed E-state index contributed by atoms with van der Waals surface area (Å²) in [6.07, 6.45) is 5.42. The third-order valence-electron chi connectivity index (χ3n) is 6.04. The fourth-order valence-corrected chi connectivity index (χ4v) is 4.53. The van der Waals surface area contributed by atoms with Crippen molar-refractivity contribution in [3.8, 4) is 5.75 Å². The molecule has 0 saturated carbocycles. The molecule has 2 aromatic rings. The standard InChI is InChI=1S/C22H26FN3O3/c1-25-20(16-7-3-4-8-18(16)24-25)22(28)26-11-5-6-15(13-26)21(27)14-9-10-19(29-2)17(23)12-14/h9-10,12,15H,3-8,11,13H2,1-2H3/t15-/m0/s1. The number of rotatable bonds is 4. The number of aromatic nitrogens is 2. The molecule has 1 saturated heterocycles. The molecular formula is C22H26FN3O3. The van der Waals surface area contributed by atoms with Gasteiger partial charge in [-0.2, -0.15) is 5.10 Å². The molecule has 154 valence electrons. The van der Waals surface area contributed by atoms with Gasteiger partial charge in [0.15, 0.2) is 17.3 Å². The molecule has 29 heavy (non-hydrogen) atoms. The lowest BCUT2D eigenvalue weighted by atomic mass is 9.89. The fraction of sp³-hybridized carbons (Fsp3) is 0.500. The van der Waals surface area contributed by atoms with E-state index < -0.39 is 5.82 Å². The van der Waals surface area contributed by atoms with Crippen LogP contribution in [0, 0.1) is 11.7 Å². The molecule has 2 aliphatic rings. The van der Waals surface area contributed by atoms with E-state index in [4.69, 9.17) is 4.74 Å². The molecule has 7 heteroatoms. The van der Waals surface area contributed by atoms with Crippen LogP contribution in [0.2, 0.25) is 0 Å². The number of carbonyl (C=O) groups is 2. The van der Waals surface area contributed by atoms with Crippen LogP contribution in [0.1, 0.15) is 57.8 Å². The number of methoxy groups -OCH3 is 1. The van der Waals surface area contributed by atoms with E-state index in [1.807, 2.05) is 7.05 Å². The minimum absolute atomic E-state index is 0.0541. The van der Waals surface area contributed by atoms with E-state index in [0.29, 0.717) is 30.8 Å². The van der Waals surface area contributed by atoms with Gasteiger partial charge in [-0.1, -0.05) is 0 Å². The number of ether oxygens (including phenoxy) is 1. The average Bonchev–Trinajstić information content (AvgIpc) is 3.08. The maximum atomic E-state index is 14.0. The van der Waals surface area contributed by atoms with Crippen LogP contribution in [0.5, 0.6) is 5.75 Å². The van der Waals surface area contributed by atoms with Gasteiger partial charge in [0, 0.05) is 37.2 Å². The van der Waals surface area contributed by atoms with Crippen molar-refractivity contribution in [3.05, 3.63) is 46.5 Å². The maximum absolute atomic E-state index is 14.0. The van der Waals surface area contributed by atoms with Gasteiger partial charge in [0.05, 0.1) is 12.8 Å². The van der Waals surface area contributed by atoms with Crippen LogP contribution in [0.25, 0.3) is 0 Å². The highest BCUT2D eigenvalue weighted by Gasteiger charge is 2.33. The lowest BCUT2D eigenvalue weighted by Gasteiger charge is -2.32. The fourth-order valence-electron chi connectivity index (χ4n) is 4.53. The van der Waals surface area contributed by atoms with E-state index in [2.05, 4.69) is 5.10 Å². The predicted molar refractivity (Wildman–Crippen MR) is 106 cm³/mol. The molecule has 2 heterocycles. The van der Waals surface area contributed by atoms with Gasteiger partial charge in [0.2, 0.25) is 0 Å². The molecule has 1 aromatic carbocycles. The van der Waals surface area contributed by atoms with E-state index in [-0.39, 0.29) is 23.4 Å². The highest BCUT2D eigenvalue weighted by atomic mass is 19.1. The van der Waals surface area contributed by atoms with Crippen molar-refractivity contribution >= 4 is 11.7 Å². The SMILES string of the molecule is COc1ccc(C(=O)[C@H]2CCCN(C(=O)c3c4c(nn3C)CCCC4)C2)cc1F. The lowest BCUT2D eigenvalue weighted by molar-refractivity contribution is 0.0627. The van der Waals surface area contributed by atoms with Crippen LogP contribution in [0.3, 0.4) is 0 Å². The molecule has 0 unspecified atom stereocenters. The summed E-state index contributed by atoms with van der Waals surface area (Å²) < 4.78 is 20.6. The number of hydrogen-bond acceptors (Lipinski definition) is 4. The smallest absolute Gasteiger partial charge is 0.272 e. The highest BCUT2D eigenvalue weighted by Crippen LogP contribution is 2.28. The Morgan fingerprint density at radius 1 is 1.21 bits per heavy atom. The molecule has 1 atom stereocenters. The summed E-state index contributed by atoms with van der Waals surface area (Å²) in [7, 11) is 3.21. The van der Waals surface area contributed by atoms with E-state index >= 15 is 0 Å². The van der Waals surface area contributed by atoms with E-state index in [0.717, 1.165) is 43.4 Å². The minimum Gasteiger partial charge on any atom is -0.494 e. The van der Waals surface area contributed by atoms with Crippen molar-refractivity contribution < 1.29 is 18.7 Å². The van der Waals surface area contributed by atoms with Crippen LogP contribution < -0.4 is 4.74 Å². The van der Waals surface area contributed by atoms with Crippen LogP contribution in [-0.4, -0.2) is 46.6 Å². The normalized spacial score (nSPS) is 19.0. The molecule has 1 fully saturated rings. The van der Waals surface area contributed by atoms with Crippen LogP contribution in [-0.2, 0) is 19.9 Å².